The molecule has 0 spiro atoms. The number of aryl methyl sites for hydroxylation is 1. The molecular formula is C12H20N2O4. The van der Waals surface area contributed by atoms with E-state index in [2.05, 4.69) is 10.1 Å². The molecule has 1 aromatic rings. The van der Waals surface area contributed by atoms with Gasteiger partial charge in [-0.15, -0.1) is 0 Å². The second-order valence-corrected chi connectivity index (χ2v) is 4.28. The summed E-state index contributed by atoms with van der Waals surface area (Å²) in [7, 11) is 0. The van der Waals surface area contributed by atoms with Crippen molar-refractivity contribution in [3.63, 3.8) is 0 Å². The SMILES string of the molecule is CCOC(C)(CC)c1noc(CCCC(=O)O)n1. The molecule has 1 N–H and O–H groups in total. The number of aliphatic carboxylic acids is 1. The molecule has 1 aromatic heterocycles. The summed E-state index contributed by atoms with van der Waals surface area (Å²) in [5.74, 6) is 0.172. The monoisotopic (exact) mass is 256 g/mol. The standard InChI is InChI=1S/C12H20N2O4/c1-4-12(3,17-5-2)11-13-9(18-14-11)7-6-8-10(15)16/h4-8H2,1-3H3,(H,15,16). The van der Waals surface area contributed by atoms with Gasteiger partial charge < -0.3 is 14.4 Å². The van der Waals surface area contributed by atoms with Crippen molar-refractivity contribution in [3.05, 3.63) is 11.7 Å². The lowest BCUT2D eigenvalue weighted by Crippen LogP contribution is -2.26. The van der Waals surface area contributed by atoms with E-state index in [4.69, 9.17) is 14.4 Å². The topological polar surface area (TPSA) is 85.5 Å². The van der Waals surface area contributed by atoms with Gasteiger partial charge in [0, 0.05) is 19.4 Å². The summed E-state index contributed by atoms with van der Waals surface area (Å²) < 4.78 is 10.7. The molecule has 1 atom stereocenters. The summed E-state index contributed by atoms with van der Waals surface area (Å²) in [6.07, 6.45) is 1.82. The van der Waals surface area contributed by atoms with Crippen molar-refractivity contribution in [2.45, 2.75) is 52.1 Å². The van der Waals surface area contributed by atoms with E-state index in [0.717, 1.165) is 6.42 Å². The number of carbonyl (C=O) groups is 1. The molecule has 0 aliphatic heterocycles. The van der Waals surface area contributed by atoms with E-state index in [-0.39, 0.29) is 6.42 Å². The molecule has 0 aliphatic rings. The summed E-state index contributed by atoms with van der Waals surface area (Å²) in [6.45, 7) is 6.41. The zero-order chi connectivity index (χ0) is 13.6. The Bertz CT molecular complexity index is 391. The first-order chi connectivity index (χ1) is 8.51. The summed E-state index contributed by atoms with van der Waals surface area (Å²) in [5, 5.41) is 12.5. The Kier molecular flexibility index (Phi) is 5.27. The second kappa shape index (κ2) is 6.49. The highest BCUT2D eigenvalue weighted by Crippen LogP contribution is 2.26. The van der Waals surface area contributed by atoms with E-state index >= 15 is 0 Å². The number of rotatable bonds is 8. The van der Waals surface area contributed by atoms with Gasteiger partial charge in [-0.2, -0.15) is 4.98 Å². The van der Waals surface area contributed by atoms with Gasteiger partial charge in [0.05, 0.1) is 0 Å². The zero-order valence-corrected chi connectivity index (χ0v) is 11.1. The lowest BCUT2D eigenvalue weighted by molar-refractivity contribution is -0.137. The highest BCUT2D eigenvalue weighted by atomic mass is 16.5. The van der Waals surface area contributed by atoms with Crippen LogP contribution in [0.1, 0.15) is 51.7 Å². The van der Waals surface area contributed by atoms with E-state index in [9.17, 15) is 4.79 Å². The molecule has 0 fully saturated rings. The first-order valence-corrected chi connectivity index (χ1v) is 6.20. The van der Waals surface area contributed by atoms with Gasteiger partial charge in [-0.25, -0.2) is 0 Å². The third kappa shape index (κ3) is 3.80. The van der Waals surface area contributed by atoms with E-state index in [1.807, 2.05) is 20.8 Å². The summed E-state index contributed by atoms with van der Waals surface area (Å²) in [6, 6.07) is 0. The van der Waals surface area contributed by atoms with Gasteiger partial charge >= 0.3 is 5.97 Å². The Morgan fingerprint density at radius 2 is 2.22 bits per heavy atom. The Morgan fingerprint density at radius 1 is 1.50 bits per heavy atom. The Labute approximate surface area is 106 Å². The molecule has 102 valence electrons. The third-order valence-electron chi connectivity index (χ3n) is 2.86. The number of aromatic nitrogens is 2. The van der Waals surface area contributed by atoms with Gasteiger partial charge in [-0.1, -0.05) is 12.1 Å². The fourth-order valence-electron chi connectivity index (χ4n) is 1.61. The van der Waals surface area contributed by atoms with Crippen molar-refractivity contribution in [1.82, 2.24) is 10.1 Å². The molecule has 0 saturated carbocycles. The molecular weight excluding hydrogens is 236 g/mol. The minimum Gasteiger partial charge on any atom is -0.481 e. The number of carboxylic acids is 1. The van der Waals surface area contributed by atoms with Gasteiger partial charge in [-0.05, 0) is 26.7 Å². The van der Waals surface area contributed by atoms with Gasteiger partial charge in [0.1, 0.15) is 5.60 Å². The molecule has 18 heavy (non-hydrogen) atoms. The highest BCUT2D eigenvalue weighted by molar-refractivity contribution is 5.66. The quantitative estimate of drug-likeness (QED) is 0.767. The number of nitrogens with zero attached hydrogens (tertiary/aromatic N) is 2. The maximum Gasteiger partial charge on any atom is 0.303 e. The number of ether oxygens (including phenoxy) is 1. The predicted octanol–water partition coefficient (Wildman–Crippen LogP) is 2.14. The van der Waals surface area contributed by atoms with E-state index in [1.54, 1.807) is 0 Å². The molecule has 1 rings (SSSR count). The molecule has 0 radical (unpaired) electrons. The largest absolute Gasteiger partial charge is 0.481 e. The van der Waals surface area contributed by atoms with Crippen LogP contribution in [0.3, 0.4) is 0 Å². The third-order valence-corrected chi connectivity index (χ3v) is 2.86. The highest BCUT2D eigenvalue weighted by Gasteiger charge is 2.30. The molecule has 1 unspecified atom stereocenters. The maximum absolute atomic E-state index is 10.4. The molecule has 0 amide bonds. The Morgan fingerprint density at radius 3 is 2.78 bits per heavy atom. The van der Waals surface area contributed by atoms with Crippen LogP contribution in [0, 0.1) is 0 Å². The van der Waals surface area contributed by atoms with E-state index < -0.39 is 11.6 Å². The first kappa shape index (κ1) is 14.6. The molecule has 6 heteroatoms. The van der Waals surface area contributed by atoms with Crippen LogP contribution in [-0.4, -0.2) is 27.8 Å². The van der Waals surface area contributed by atoms with E-state index in [1.165, 1.54) is 0 Å². The molecule has 0 aromatic carbocycles. The average Bonchev–Trinajstić information content (AvgIpc) is 2.78. The minimum atomic E-state index is -0.817. The van der Waals surface area contributed by atoms with Crippen molar-refractivity contribution < 1.29 is 19.2 Å². The fourth-order valence-corrected chi connectivity index (χ4v) is 1.61. The number of carboxylic acid groups (broad SMARTS) is 1. The van der Waals surface area contributed by atoms with Gasteiger partial charge in [0.15, 0.2) is 0 Å². The molecule has 6 nitrogen and oxygen atoms in total. The summed E-state index contributed by atoms with van der Waals surface area (Å²) in [5.41, 5.74) is -0.538. The average molecular weight is 256 g/mol. The van der Waals surface area contributed by atoms with Crippen molar-refractivity contribution >= 4 is 5.97 Å². The van der Waals surface area contributed by atoms with Crippen LogP contribution < -0.4 is 0 Å². The van der Waals surface area contributed by atoms with Crippen LogP contribution in [0.5, 0.6) is 0 Å². The van der Waals surface area contributed by atoms with Crippen LogP contribution >= 0.6 is 0 Å². The molecule has 0 aliphatic carbocycles. The zero-order valence-electron chi connectivity index (χ0n) is 11.1. The first-order valence-electron chi connectivity index (χ1n) is 6.20. The lowest BCUT2D eigenvalue weighted by atomic mass is 10.0. The van der Waals surface area contributed by atoms with Crippen molar-refractivity contribution in [2.75, 3.05) is 6.61 Å². The molecule has 1 heterocycles. The smallest absolute Gasteiger partial charge is 0.303 e. The molecule has 0 saturated heterocycles. The van der Waals surface area contributed by atoms with Crippen LogP contribution in [0.2, 0.25) is 0 Å². The normalized spacial score (nSPS) is 14.4. The number of hydrogen-bond donors (Lipinski definition) is 1. The Balaban J connectivity index is 2.64. The van der Waals surface area contributed by atoms with Crippen molar-refractivity contribution in [2.24, 2.45) is 0 Å². The second-order valence-electron chi connectivity index (χ2n) is 4.28. The van der Waals surface area contributed by atoms with Crippen LogP contribution in [0.25, 0.3) is 0 Å². The fraction of sp³-hybridized carbons (Fsp3) is 0.750. The predicted molar refractivity (Wildman–Crippen MR) is 64.1 cm³/mol. The van der Waals surface area contributed by atoms with Crippen LogP contribution in [0.15, 0.2) is 4.52 Å². The Hall–Kier alpha value is -1.43. The summed E-state index contributed by atoms with van der Waals surface area (Å²) >= 11 is 0. The lowest BCUT2D eigenvalue weighted by Gasteiger charge is -2.23. The van der Waals surface area contributed by atoms with Crippen molar-refractivity contribution in [3.8, 4) is 0 Å². The van der Waals surface area contributed by atoms with Crippen LogP contribution in [-0.2, 0) is 21.6 Å². The molecule has 0 bridgehead atoms. The van der Waals surface area contributed by atoms with E-state index in [0.29, 0.717) is 31.2 Å². The maximum atomic E-state index is 10.4. The van der Waals surface area contributed by atoms with Crippen molar-refractivity contribution in [1.29, 1.82) is 0 Å². The van der Waals surface area contributed by atoms with Gasteiger partial charge in [-0.3, -0.25) is 4.79 Å². The number of hydrogen-bond acceptors (Lipinski definition) is 5. The summed E-state index contributed by atoms with van der Waals surface area (Å²) in [4.78, 5) is 14.7. The van der Waals surface area contributed by atoms with Gasteiger partial charge in [0.2, 0.25) is 11.7 Å². The van der Waals surface area contributed by atoms with Crippen LogP contribution in [0.4, 0.5) is 0 Å². The van der Waals surface area contributed by atoms with Gasteiger partial charge in [0.25, 0.3) is 0 Å². The minimum absolute atomic E-state index is 0.105.